The lowest BCUT2D eigenvalue weighted by atomic mass is 10.2. The highest BCUT2D eigenvalue weighted by atomic mass is 16.4. The molecule has 0 bridgehead atoms. The summed E-state index contributed by atoms with van der Waals surface area (Å²) in [5.74, 6) is -1.61. The van der Waals surface area contributed by atoms with Crippen molar-refractivity contribution >= 4 is 23.3 Å². The first-order chi connectivity index (χ1) is 9.06. The van der Waals surface area contributed by atoms with Crippen molar-refractivity contribution in [3.8, 4) is 0 Å². The number of benzene rings is 1. The number of carboxylic acids is 1. The number of carbonyl (C=O) groups excluding carboxylic acids is 1. The quantitative estimate of drug-likeness (QED) is 0.770. The molecule has 0 unspecified atom stereocenters. The zero-order chi connectivity index (χ0) is 14.3. The Hall–Kier alpha value is -2.30. The van der Waals surface area contributed by atoms with Crippen molar-refractivity contribution in [1.82, 2.24) is 0 Å². The summed E-state index contributed by atoms with van der Waals surface area (Å²) >= 11 is 0. The Labute approximate surface area is 112 Å². The van der Waals surface area contributed by atoms with E-state index >= 15 is 0 Å². The Bertz CT molecular complexity index is 462. The molecule has 0 spiro atoms. The summed E-state index contributed by atoms with van der Waals surface area (Å²) in [6.07, 6.45) is 1.79. The third-order valence-corrected chi connectivity index (χ3v) is 2.64. The van der Waals surface area contributed by atoms with Crippen LogP contribution < -0.4 is 10.2 Å². The molecule has 0 heterocycles. The molecule has 1 amide bonds. The number of carbonyl (C=O) groups is 2. The van der Waals surface area contributed by atoms with Crippen molar-refractivity contribution < 1.29 is 14.7 Å². The van der Waals surface area contributed by atoms with Gasteiger partial charge in [-0.15, -0.1) is 0 Å². The number of anilines is 2. The van der Waals surface area contributed by atoms with E-state index in [4.69, 9.17) is 5.11 Å². The van der Waals surface area contributed by atoms with Gasteiger partial charge in [-0.3, -0.25) is 4.79 Å². The van der Waals surface area contributed by atoms with E-state index in [0.717, 1.165) is 30.9 Å². The lowest BCUT2D eigenvalue weighted by molar-refractivity contribution is -0.131. The van der Waals surface area contributed by atoms with E-state index in [0.29, 0.717) is 5.69 Å². The molecule has 0 aliphatic rings. The molecule has 1 aromatic rings. The molecular formula is C14H18N2O3. The first-order valence-corrected chi connectivity index (χ1v) is 6.13. The third-order valence-electron chi connectivity index (χ3n) is 2.64. The average Bonchev–Trinajstić information content (AvgIpc) is 2.40. The van der Waals surface area contributed by atoms with E-state index in [1.165, 1.54) is 0 Å². The maximum atomic E-state index is 11.4. The van der Waals surface area contributed by atoms with Crippen molar-refractivity contribution in [3.63, 3.8) is 0 Å². The van der Waals surface area contributed by atoms with Crippen LogP contribution in [0.25, 0.3) is 0 Å². The van der Waals surface area contributed by atoms with Gasteiger partial charge in [0.15, 0.2) is 0 Å². The van der Waals surface area contributed by atoms with E-state index in [2.05, 4.69) is 24.1 Å². The van der Waals surface area contributed by atoms with Gasteiger partial charge in [0.1, 0.15) is 0 Å². The molecular weight excluding hydrogens is 244 g/mol. The van der Waals surface area contributed by atoms with Gasteiger partial charge in [0.25, 0.3) is 0 Å². The van der Waals surface area contributed by atoms with Crippen LogP contribution in [0.5, 0.6) is 0 Å². The summed E-state index contributed by atoms with van der Waals surface area (Å²) in [5.41, 5.74) is 1.72. The second-order valence-corrected chi connectivity index (χ2v) is 3.88. The van der Waals surface area contributed by atoms with Gasteiger partial charge in [0, 0.05) is 36.6 Å². The van der Waals surface area contributed by atoms with Gasteiger partial charge < -0.3 is 15.3 Å². The summed E-state index contributed by atoms with van der Waals surface area (Å²) in [5, 5.41) is 11.0. The van der Waals surface area contributed by atoms with Crippen LogP contribution in [0.1, 0.15) is 13.8 Å². The van der Waals surface area contributed by atoms with Gasteiger partial charge in [-0.05, 0) is 38.1 Å². The van der Waals surface area contributed by atoms with Crippen LogP contribution in [0.3, 0.4) is 0 Å². The Morgan fingerprint density at radius 3 is 2.21 bits per heavy atom. The zero-order valence-corrected chi connectivity index (χ0v) is 11.1. The molecule has 1 aromatic carbocycles. The largest absolute Gasteiger partial charge is 0.478 e. The molecule has 0 radical (unpaired) electrons. The minimum atomic E-state index is -1.15. The van der Waals surface area contributed by atoms with E-state index in [-0.39, 0.29) is 0 Å². The van der Waals surface area contributed by atoms with Crippen LogP contribution in [0, 0.1) is 0 Å². The molecule has 0 saturated carbocycles. The molecule has 102 valence electrons. The third kappa shape index (κ3) is 4.83. The molecule has 5 nitrogen and oxygen atoms in total. The molecule has 0 aromatic heterocycles. The monoisotopic (exact) mass is 262 g/mol. The number of hydrogen-bond acceptors (Lipinski definition) is 3. The maximum absolute atomic E-state index is 11.4. The lowest BCUT2D eigenvalue weighted by Gasteiger charge is -2.21. The number of carboxylic acid groups (broad SMARTS) is 1. The van der Waals surface area contributed by atoms with Crippen LogP contribution in [0.2, 0.25) is 0 Å². The van der Waals surface area contributed by atoms with Gasteiger partial charge >= 0.3 is 5.97 Å². The Kier molecular flexibility index (Phi) is 5.60. The summed E-state index contributed by atoms with van der Waals surface area (Å²) in [6.45, 7) is 6.00. The first kappa shape index (κ1) is 14.8. The van der Waals surface area contributed by atoms with Crippen LogP contribution in [-0.4, -0.2) is 30.1 Å². The van der Waals surface area contributed by atoms with Crippen molar-refractivity contribution in [2.45, 2.75) is 13.8 Å². The van der Waals surface area contributed by atoms with Gasteiger partial charge in [0.05, 0.1) is 0 Å². The van der Waals surface area contributed by atoms with Gasteiger partial charge in [0.2, 0.25) is 5.91 Å². The standard InChI is InChI=1S/C14H18N2O3/c1-3-16(4-2)12-7-5-11(6-8-12)15-13(17)9-10-14(18)19/h5-10H,3-4H2,1-2H3,(H,15,17)(H,18,19). The van der Waals surface area contributed by atoms with E-state index < -0.39 is 11.9 Å². The molecule has 0 saturated heterocycles. The molecule has 0 atom stereocenters. The number of amides is 1. The lowest BCUT2D eigenvalue weighted by Crippen LogP contribution is -2.21. The molecule has 0 fully saturated rings. The molecule has 5 heteroatoms. The van der Waals surface area contributed by atoms with Crippen molar-refractivity contribution in [2.24, 2.45) is 0 Å². The Morgan fingerprint density at radius 2 is 1.74 bits per heavy atom. The Balaban J connectivity index is 2.66. The van der Waals surface area contributed by atoms with Crippen molar-refractivity contribution in [3.05, 3.63) is 36.4 Å². The van der Waals surface area contributed by atoms with Gasteiger partial charge in [-0.25, -0.2) is 4.79 Å². The molecule has 19 heavy (non-hydrogen) atoms. The Morgan fingerprint density at radius 1 is 1.16 bits per heavy atom. The number of nitrogens with one attached hydrogen (secondary N) is 1. The minimum Gasteiger partial charge on any atom is -0.478 e. The fourth-order valence-corrected chi connectivity index (χ4v) is 1.68. The summed E-state index contributed by atoms with van der Waals surface area (Å²) in [6, 6.07) is 7.42. The zero-order valence-electron chi connectivity index (χ0n) is 11.1. The SMILES string of the molecule is CCN(CC)c1ccc(NC(=O)C=CC(=O)O)cc1. The van der Waals surface area contributed by atoms with Crippen LogP contribution in [0.4, 0.5) is 11.4 Å². The number of nitrogens with zero attached hydrogens (tertiary/aromatic N) is 1. The predicted octanol–water partition coefficient (Wildman–Crippen LogP) is 2.11. The topological polar surface area (TPSA) is 69.6 Å². The first-order valence-electron chi connectivity index (χ1n) is 6.13. The van der Waals surface area contributed by atoms with E-state index in [1.807, 2.05) is 12.1 Å². The number of hydrogen-bond donors (Lipinski definition) is 2. The highest BCUT2D eigenvalue weighted by Gasteiger charge is 2.02. The highest BCUT2D eigenvalue weighted by molar-refractivity contribution is 6.02. The van der Waals surface area contributed by atoms with Crippen LogP contribution in [-0.2, 0) is 9.59 Å². The molecule has 2 N–H and O–H groups in total. The fraction of sp³-hybridized carbons (Fsp3) is 0.286. The molecule has 1 rings (SSSR count). The fourth-order valence-electron chi connectivity index (χ4n) is 1.68. The van der Waals surface area contributed by atoms with Crippen LogP contribution in [0.15, 0.2) is 36.4 Å². The molecule has 0 aliphatic heterocycles. The minimum absolute atomic E-state index is 0.460. The second-order valence-electron chi connectivity index (χ2n) is 3.88. The normalized spacial score (nSPS) is 10.4. The smallest absolute Gasteiger partial charge is 0.328 e. The van der Waals surface area contributed by atoms with E-state index in [9.17, 15) is 9.59 Å². The maximum Gasteiger partial charge on any atom is 0.328 e. The number of rotatable bonds is 6. The molecule has 0 aliphatic carbocycles. The summed E-state index contributed by atoms with van der Waals surface area (Å²) < 4.78 is 0. The second kappa shape index (κ2) is 7.20. The summed E-state index contributed by atoms with van der Waals surface area (Å²) in [7, 11) is 0. The number of aliphatic carboxylic acids is 1. The average molecular weight is 262 g/mol. The van der Waals surface area contributed by atoms with Crippen molar-refractivity contribution in [1.29, 1.82) is 0 Å². The van der Waals surface area contributed by atoms with Crippen LogP contribution >= 0.6 is 0 Å². The van der Waals surface area contributed by atoms with E-state index in [1.54, 1.807) is 12.1 Å². The predicted molar refractivity (Wildman–Crippen MR) is 75.4 cm³/mol. The highest BCUT2D eigenvalue weighted by Crippen LogP contribution is 2.17. The summed E-state index contributed by atoms with van der Waals surface area (Å²) in [4.78, 5) is 23.8. The van der Waals surface area contributed by atoms with Crippen molar-refractivity contribution in [2.75, 3.05) is 23.3 Å². The van der Waals surface area contributed by atoms with Gasteiger partial charge in [-0.1, -0.05) is 0 Å². The van der Waals surface area contributed by atoms with Gasteiger partial charge in [-0.2, -0.15) is 0 Å².